The highest BCUT2D eigenvalue weighted by molar-refractivity contribution is 8.00. The van der Waals surface area contributed by atoms with E-state index in [9.17, 15) is 9.18 Å². The van der Waals surface area contributed by atoms with Gasteiger partial charge in [-0.3, -0.25) is 9.36 Å². The molecule has 1 unspecified atom stereocenters. The minimum Gasteiger partial charge on any atom is -0.465 e. The lowest BCUT2D eigenvalue weighted by molar-refractivity contribution is -0.142. The molecule has 3 aromatic rings. The largest absolute Gasteiger partial charge is 0.465 e. The maximum Gasteiger partial charge on any atom is 0.319 e. The van der Waals surface area contributed by atoms with E-state index in [1.165, 1.54) is 35.7 Å². The van der Waals surface area contributed by atoms with Crippen LogP contribution in [-0.4, -0.2) is 42.6 Å². The van der Waals surface area contributed by atoms with E-state index < -0.39 is 5.25 Å². The standard InChI is InChI=1S/C18H18FN5O2S2/c1-3-26-16(25)12(2)28-18-23-22-15(11-27-17-20-9-4-10-21-17)24(18)14-7-5-13(19)6-8-14/h4-10,12H,3,11H2,1-2H3. The number of hydrogen-bond acceptors (Lipinski definition) is 8. The number of nitrogens with zero attached hydrogens (tertiary/aromatic N) is 5. The summed E-state index contributed by atoms with van der Waals surface area (Å²) >= 11 is 2.65. The molecule has 146 valence electrons. The van der Waals surface area contributed by atoms with Crippen molar-refractivity contribution in [3.8, 4) is 5.69 Å². The van der Waals surface area contributed by atoms with Gasteiger partial charge in [0.05, 0.1) is 12.4 Å². The van der Waals surface area contributed by atoms with Gasteiger partial charge in [-0.1, -0.05) is 23.5 Å². The van der Waals surface area contributed by atoms with Crippen LogP contribution in [0.3, 0.4) is 0 Å². The topological polar surface area (TPSA) is 82.8 Å². The Morgan fingerprint density at radius 2 is 1.93 bits per heavy atom. The van der Waals surface area contributed by atoms with E-state index in [1.807, 2.05) is 0 Å². The Hall–Kier alpha value is -2.46. The van der Waals surface area contributed by atoms with E-state index in [0.29, 0.717) is 34.2 Å². The van der Waals surface area contributed by atoms with Crippen LogP contribution in [0.25, 0.3) is 5.69 Å². The highest BCUT2D eigenvalue weighted by Crippen LogP contribution is 2.28. The second-order valence-electron chi connectivity index (χ2n) is 5.54. The van der Waals surface area contributed by atoms with Gasteiger partial charge in [0.1, 0.15) is 16.9 Å². The molecule has 0 saturated carbocycles. The predicted molar refractivity (Wildman–Crippen MR) is 105 cm³/mol. The van der Waals surface area contributed by atoms with Gasteiger partial charge in [-0.2, -0.15) is 0 Å². The van der Waals surface area contributed by atoms with Crippen molar-refractivity contribution in [3.63, 3.8) is 0 Å². The molecule has 0 aliphatic carbocycles. The highest BCUT2D eigenvalue weighted by Gasteiger charge is 2.22. The summed E-state index contributed by atoms with van der Waals surface area (Å²) in [6, 6.07) is 7.78. The fourth-order valence-corrected chi connectivity index (χ4v) is 3.88. The maximum atomic E-state index is 13.4. The molecule has 0 spiro atoms. The van der Waals surface area contributed by atoms with Crippen molar-refractivity contribution in [2.75, 3.05) is 6.61 Å². The molecule has 1 aromatic carbocycles. The molecule has 2 heterocycles. The second kappa shape index (κ2) is 9.65. The first kappa shape index (κ1) is 20.3. The molecule has 0 radical (unpaired) electrons. The summed E-state index contributed by atoms with van der Waals surface area (Å²) in [6.45, 7) is 3.82. The van der Waals surface area contributed by atoms with Crippen LogP contribution in [0.15, 0.2) is 53.0 Å². The number of benzene rings is 1. The van der Waals surface area contributed by atoms with Gasteiger partial charge in [0.2, 0.25) is 0 Å². The molecule has 0 aliphatic rings. The number of halogens is 1. The number of esters is 1. The average Bonchev–Trinajstić information content (AvgIpc) is 3.10. The third kappa shape index (κ3) is 5.08. The fraction of sp³-hybridized carbons (Fsp3) is 0.278. The van der Waals surface area contributed by atoms with E-state index in [1.54, 1.807) is 49.0 Å². The van der Waals surface area contributed by atoms with Gasteiger partial charge in [-0.15, -0.1) is 10.2 Å². The van der Waals surface area contributed by atoms with Crippen LogP contribution in [0.4, 0.5) is 4.39 Å². The van der Waals surface area contributed by atoms with E-state index in [2.05, 4.69) is 20.2 Å². The predicted octanol–water partition coefficient (Wildman–Crippen LogP) is 3.53. The van der Waals surface area contributed by atoms with Gasteiger partial charge < -0.3 is 4.74 Å². The van der Waals surface area contributed by atoms with Gasteiger partial charge in [0.15, 0.2) is 10.3 Å². The molecule has 28 heavy (non-hydrogen) atoms. The molecular weight excluding hydrogens is 401 g/mol. The molecule has 1 atom stereocenters. The van der Waals surface area contributed by atoms with Gasteiger partial charge in [-0.25, -0.2) is 14.4 Å². The summed E-state index contributed by atoms with van der Waals surface area (Å²) in [5.41, 5.74) is 0.703. The first-order chi connectivity index (χ1) is 13.6. The summed E-state index contributed by atoms with van der Waals surface area (Å²) in [6.07, 6.45) is 3.34. The van der Waals surface area contributed by atoms with Crippen molar-refractivity contribution in [2.24, 2.45) is 0 Å². The Balaban J connectivity index is 1.88. The molecule has 7 nitrogen and oxygen atoms in total. The normalized spacial score (nSPS) is 12.0. The molecule has 0 amide bonds. The third-order valence-corrected chi connectivity index (χ3v) is 5.45. The van der Waals surface area contributed by atoms with Crippen molar-refractivity contribution < 1.29 is 13.9 Å². The van der Waals surface area contributed by atoms with Crippen LogP contribution >= 0.6 is 23.5 Å². The molecule has 2 aromatic heterocycles. The number of aromatic nitrogens is 5. The molecule has 0 saturated heterocycles. The van der Waals surface area contributed by atoms with Crippen LogP contribution in [0.2, 0.25) is 0 Å². The summed E-state index contributed by atoms with van der Waals surface area (Å²) in [4.78, 5) is 20.4. The fourth-order valence-electron chi connectivity index (χ4n) is 2.27. The quantitative estimate of drug-likeness (QED) is 0.312. The molecule has 0 aliphatic heterocycles. The Kier molecular flexibility index (Phi) is 6.99. The van der Waals surface area contributed by atoms with E-state index >= 15 is 0 Å². The van der Waals surface area contributed by atoms with Gasteiger partial charge in [0, 0.05) is 18.1 Å². The van der Waals surface area contributed by atoms with Crippen molar-refractivity contribution in [3.05, 3.63) is 54.4 Å². The SMILES string of the molecule is CCOC(=O)C(C)Sc1nnc(CSc2ncccn2)n1-c1ccc(F)cc1. The van der Waals surface area contributed by atoms with Crippen LogP contribution in [0, 0.1) is 5.82 Å². The molecule has 10 heteroatoms. The summed E-state index contributed by atoms with van der Waals surface area (Å²) < 4.78 is 20.2. The lowest BCUT2D eigenvalue weighted by Crippen LogP contribution is -2.17. The van der Waals surface area contributed by atoms with Crippen molar-refractivity contribution >= 4 is 29.5 Å². The first-order valence-electron chi connectivity index (χ1n) is 8.51. The van der Waals surface area contributed by atoms with Crippen molar-refractivity contribution in [1.29, 1.82) is 0 Å². The third-order valence-electron chi connectivity index (χ3n) is 3.56. The molecular formula is C18H18FN5O2S2. The lowest BCUT2D eigenvalue weighted by atomic mass is 10.3. The zero-order chi connectivity index (χ0) is 19.9. The number of rotatable bonds is 8. The average molecular weight is 420 g/mol. The zero-order valence-electron chi connectivity index (χ0n) is 15.3. The number of ether oxygens (including phenoxy) is 1. The first-order valence-corrected chi connectivity index (χ1v) is 10.4. The zero-order valence-corrected chi connectivity index (χ0v) is 16.9. The van der Waals surface area contributed by atoms with Gasteiger partial charge in [0.25, 0.3) is 0 Å². The summed E-state index contributed by atoms with van der Waals surface area (Å²) in [5.74, 6) is 0.444. The van der Waals surface area contributed by atoms with Crippen LogP contribution in [0.5, 0.6) is 0 Å². The number of carbonyl (C=O) groups excluding carboxylic acids is 1. The van der Waals surface area contributed by atoms with Crippen LogP contribution in [0.1, 0.15) is 19.7 Å². The second-order valence-corrected chi connectivity index (χ2v) is 7.79. The lowest BCUT2D eigenvalue weighted by Gasteiger charge is -2.13. The summed E-state index contributed by atoms with van der Waals surface area (Å²) in [5, 5.41) is 9.17. The van der Waals surface area contributed by atoms with Crippen LogP contribution < -0.4 is 0 Å². The highest BCUT2D eigenvalue weighted by atomic mass is 32.2. The van der Waals surface area contributed by atoms with Crippen molar-refractivity contribution in [2.45, 2.75) is 35.2 Å². The minimum atomic E-state index is -0.457. The van der Waals surface area contributed by atoms with Gasteiger partial charge in [-0.05, 0) is 44.2 Å². The van der Waals surface area contributed by atoms with E-state index in [4.69, 9.17) is 4.74 Å². The maximum absolute atomic E-state index is 13.4. The smallest absolute Gasteiger partial charge is 0.319 e. The Morgan fingerprint density at radius 3 is 2.61 bits per heavy atom. The van der Waals surface area contributed by atoms with E-state index in [-0.39, 0.29) is 11.8 Å². The molecule has 3 rings (SSSR count). The Morgan fingerprint density at radius 1 is 1.21 bits per heavy atom. The molecule has 0 fully saturated rings. The van der Waals surface area contributed by atoms with E-state index in [0.717, 1.165) is 0 Å². The van der Waals surface area contributed by atoms with Crippen LogP contribution in [-0.2, 0) is 15.3 Å². The monoisotopic (exact) mass is 419 g/mol. The minimum absolute atomic E-state index is 0.313. The Bertz CT molecular complexity index is 921. The number of hydrogen-bond donors (Lipinski definition) is 0. The Labute approximate surface area is 170 Å². The number of carbonyl (C=O) groups is 1. The molecule has 0 N–H and O–H groups in total. The van der Waals surface area contributed by atoms with Crippen molar-refractivity contribution in [1.82, 2.24) is 24.7 Å². The number of thioether (sulfide) groups is 2. The summed E-state index contributed by atoms with van der Waals surface area (Å²) in [7, 11) is 0. The van der Waals surface area contributed by atoms with Gasteiger partial charge >= 0.3 is 5.97 Å². The molecule has 0 bridgehead atoms.